The molecule has 0 fully saturated rings. The molecule has 0 saturated heterocycles. The highest BCUT2D eigenvalue weighted by molar-refractivity contribution is 6.44. The number of rotatable bonds is 8. The van der Waals surface area contributed by atoms with Crippen LogP contribution in [0.5, 0.6) is 0 Å². The molecule has 206 valence electrons. The molecule has 1 aliphatic heterocycles. The van der Waals surface area contributed by atoms with Gasteiger partial charge in [0.05, 0.1) is 42.8 Å². The van der Waals surface area contributed by atoms with Crippen molar-refractivity contribution in [3.05, 3.63) is 94.5 Å². The van der Waals surface area contributed by atoms with Crippen molar-refractivity contribution in [1.82, 2.24) is 5.06 Å². The number of carbonyl (C=O) groups is 4. The Hall–Kier alpha value is -4.80. The first-order valence-corrected chi connectivity index (χ1v) is 12.4. The molecule has 10 heteroatoms. The number of hydrogen-bond acceptors (Lipinski definition) is 8. The lowest BCUT2D eigenvalue weighted by molar-refractivity contribution is -0.122. The Morgan fingerprint density at radius 3 is 2.27 bits per heavy atom. The lowest BCUT2D eigenvalue weighted by Crippen LogP contribution is -2.31. The van der Waals surface area contributed by atoms with E-state index in [0.717, 1.165) is 9.96 Å². The number of aliphatic hydroxyl groups excluding tert-OH is 1. The fourth-order valence-electron chi connectivity index (χ4n) is 4.44. The quantitative estimate of drug-likeness (QED) is 0.251. The van der Waals surface area contributed by atoms with Crippen molar-refractivity contribution in [1.29, 1.82) is 0 Å². The molecule has 0 aromatic heterocycles. The number of ether oxygens (including phenoxy) is 1. The van der Waals surface area contributed by atoms with Gasteiger partial charge in [0.2, 0.25) is 5.91 Å². The Bertz CT molecular complexity index is 1500. The van der Waals surface area contributed by atoms with E-state index in [1.165, 1.54) is 27.1 Å². The van der Waals surface area contributed by atoms with E-state index in [4.69, 9.17) is 14.7 Å². The zero-order valence-electron chi connectivity index (χ0n) is 22.6. The first kappa shape index (κ1) is 28.2. The highest BCUT2D eigenvalue weighted by atomic mass is 16.7. The molecule has 40 heavy (non-hydrogen) atoms. The molecule has 0 aliphatic carbocycles. The molecule has 0 unspecified atom stereocenters. The van der Waals surface area contributed by atoms with Gasteiger partial charge in [0.1, 0.15) is 0 Å². The molecular formula is C30H29N3O7. The normalized spacial score (nSPS) is 13.5. The molecule has 0 saturated carbocycles. The van der Waals surface area contributed by atoms with Crippen LogP contribution in [0.3, 0.4) is 0 Å². The van der Waals surface area contributed by atoms with Gasteiger partial charge in [-0.1, -0.05) is 30.3 Å². The van der Waals surface area contributed by atoms with Crippen LogP contribution in [0.25, 0.3) is 11.3 Å². The Morgan fingerprint density at radius 1 is 1.00 bits per heavy atom. The van der Waals surface area contributed by atoms with Crippen LogP contribution >= 0.6 is 0 Å². The molecule has 10 nitrogen and oxygen atoms in total. The maximum Gasteiger partial charge on any atom is 0.338 e. The second-order valence-corrected chi connectivity index (χ2v) is 9.01. The number of amides is 3. The van der Waals surface area contributed by atoms with Gasteiger partial charge in [0.25, 0.3) is 11.8 Å². The van der Waals surface area contributed by atoms with Gasteiger partial charge < -0.3 is 15.2 Å². The van der Waals surface area contributed by atoms with E-state index in [-0.39, 0.29) is 24.4 Å². The summed E-state index contributed by atoms with van der Waals surface area (Å²) in [6.07, 6.45) is 0. The molecule has 4 rings (SSSR count). The second-order valence-electron chi connectivity index (χ2n) is 9.01. The molecule has 0 atom stereocenters. The highest BCUT2D eigenvalue weighted by Gasteiger charge is 2.38. The number of methoxy groups -OCH3 is 1. The van der Waals surface area contributed by atoms with E-state index in [1.807, 2.05) is 30.3 Å². The zero-order chi connectivity index (χ0) is 29.0. The Balaban J connectivity index is 1.83. The summed E-state index contributed by atoms with van der Waals surface area (Å²) in [5.74, 6) is -2.00. The van der Waals surface area contributed by atoms with Crippen molar-refractivity contribution < 1.29 is 33.9 Å². The maximum atomic E-state index is 13.8. The number of fused-ring (bicyclic) bond motifs is 1. The average Bonchev–Trinajstić information content (AvgIpc) is 3.24. The fraction of sp³-hybridized carbons (Fsp3) is 0.200. The van der Waals surface area contributed by atoms with Crippen molar-refractivity contribution in [3.63, 3.8) is 0 Å². The van der Waals surface area contributed by atoms with E-state index in [1.54, 1.807) is 37.3 Å². The van der Waals surface area contributed by atoms with Crippen LogP contribution in [0.1, 0.15) is 44.3 Å². The number of esters is 1. The largest absolute Gasteiger partial charge is 0.465 e. The van der Waals surface area contributed by atoms with Crippen molar-refractivity contribution in [3.8, 4) is 0 Å². The molecule has 0 bridgehead atoms. The third-order valence-corrected chi connectivity index (χ3v) is 6.37. The summed E-state index contributed by atoms with van der Waals surface area (Å²) in [4.78, 5) is 57.6. The SMILES string of the molecule is COC(=O)c1cc2c(cc1C)/C(=C(\Nc1ccc(C(=O)N(C)OCCO)cc1)c1ccccc1)C(=O)N2C(C)=O. The molecule has 3 aromatic rings. The minimum atomic E-state index is -0.572. The lowest BCUT2D eigenvalue weighted by Gasteiger charge is -2.17. The van der Waals surface area contributed by atoms with Gasteiger partial charge in [-0.05, 0) is 54.4 Å². The minimum absolute atomic E-state index is 0.0106. The second kappa shape index (κ2) is 11.9. The Kier molecular flexibility index (Phi) is 8.42. The monoisotopic (exact) mass is 543 g/mol. The summed E-state index contributed by atoms with van der Waals surface area (Å²) in [5, 5.41) is 13.3. The topological polar surface area (TPSA) is 125 Å². The smallest absolute Gasteiger partial charge is 0.338 e. The van der Waals surface area contributed by atoms with Crippen molar-refractivity contribution in [2.45, 2.75) is 13.8 Å². The fourth-order valence-corrected chi connectivity index (χ4v) is 4.44. The van der Waals surface area contributed by atoms with Crippen LogP contribution < -0.4 is 10.2 Å². The number of anilines is 2. The molecule has 3 aromatic carbocycles. The number of carbonyl (C=O) groups excluding carboxylic acids is 4. The van der Waals surface area contributed by atoms with Crippen LogP contribution in [0.4, 0.5) is 11.4 Å². The van der Waals surface area contributed by atoms with Gasteiger partial charge in [-0.25, -0.2) is 14.8 Å². The lowest BCUT2D eigenvalue weighted by atomic mass is 9.96. The Morgan fingerprint density at radius 2 is 1.68 bits per heavy atom. The minimum Gasteiger partial charge on any atom is -0.465 e. The average molecular weight is 544 g/mol. The third-order valence-electron chi connectivity index (χ3n) is 6.37. The number of nitrogens with one attached hydrogen (secondary N) is 1. The number of aliphatic hydroxyl groups is 1. The number of benzene rings is 3. The number of aryl methyl sites for hydroxylation is 1. The number of nitrogens with zero attached hydrogens (tertiary/aromatic N) is 2. The van der Waals surface area contributed by atoms with Gasteiger partial charge in [-0.15, -0.1) is 0 Å². The van der Waals surface area contributed by atoms with E-state index < -0.39 is 23.7 Å². The molecule has 1 heterocycles. The van der Waals surface area contributed by atoms with Crippen molar-refractivity contribution in [2.24, 2.45) is 0 Å². The molecule has 2 N–H and O–H groups in total. The predicted molar refractivity (Wildman–Crippen MR) is 149 cm³/mol. The summed E-state index contributed by atoms with van der Waals surface area (Å²) >= 11 is 0. The Labute approximate surface area is 231 Å². The van der Waals surface area contributed by atoms with Gasteiger partial charge in [0, 0.05) is 30.8 Å². The van der Waals surface area contributed by atoms with E-state index in [0.29, 0.717) is 39.3 Å². The van der Waals surface area contributed by atoms with E-state index in [9.17, 15) is 19.2 Å². The molecule has 0 spiro atoms. The molecular weight excluding hydrogens is 514 g/mol. The van der Waals surface area contributed by atoms with Crippen LogP contribution in [0.15, 0.2) is 66.7 Å². The van der Waals surface area contributed by atoms with Crippen molar-refractivity contribution >= 4 is 46.3 Å². The highest BCUT2D eigenvalue weighted by Crippen LogP contribution is 2.42. The summed E-state index contributed by atoms with van der Waals surface area (Å²) in [7, 11) is 2.73. The number of imide groups is 1. The van der Waals surface area contributed by atoms with E-state index in [2.05, 4.69) is 5.32 Å². The van der Waals surface area contributed by atoms with Crippen LogP contribution in [0, 0.1) is 6.92 Å². The van der Waals surface area contributed by atoms with Crippen LogP contribution in [-0.4, -0.2) is 61.2 Å². The van der Waals surface area contributed by atoms with Gasteiger partial charge in [-0.3, -0.25) is 19.2 Å². The van der Waals surface area contributed by atoms with Gasteiger partial charge in [0.15, 0.2) is 0 Å². The van der Waals surface area contributed by atoms with E-state index >= 15 is 0 Å². The first-order valence-electron chi connectivity index (χ1n) is 12.4. The zero-order valence-corrected chi connectivity index (χ0v) is 22.6. The van der Waals surface area contributed by atoms with Crippen LogP contribution in [0.2, 0.25) is 0 Å². The molecule has 1 aliphatic rings. The summed E-state index contributed by atoms with van der Waals surface area (Å²) < 4.78 is 4.88. The summed E-state index contributed by atoms with van der Waals surface area (Å²) in [6.45, 7) is 2.79. The van der Waals surface area contributed by atoms with Crippen LogP contribution in [-0.2, 0) is 19.2 Å². The van der Waals surface area contributed by atoms with Crippen molar-refractivity contribution in [2.75, 3.05) is 37.6 Å². The third kappa shape index (κ3) is 5.49. The molecule has 3 amide bonds. The predicted octanol–water partition coefficient (Wildman–Crippen LogP) is 3.65. The molecule has 0 radical (unpaired) electrons. The standard InChI is InChI=1S/C30H29N3O7/c1-18-16-24-25(17-23(18)30(38)39-4)33(19(2)35)29(37)26(24)27(20-8-6-5-7-9-20)31-22-12-10-21(11-13-22)28(36)32(3)40-15-14-34/h5-13,16-17,31,34H,14-15H2,1-4H3/b27-26+. The van der Waals surface area contributed by atoms with Gasteiger partial charge >= 0.3 is 5.97 Å². The summed E-state index contributed by atoms with van der Waals surface area (Å²) in [6, 6.07) is 19.0. The summed E-state index contributed by atoms with van der Waals surface area (Å²) in [5.41, 5.74) is 3.96. The number of hydroxylamine groups is 2. The maximum absolute atomic E-state index is 13.8. The first-order chi connectivity index (χ1) is 19.2. The number of hydrogen-bond donors (Lipinski definition) is 2. The van der Waals surface area contributed by atoms with Gasteiger partial charge in [-0.2, -0.15) is 0 Å².